The summed E-state index contributed by atoms with van der Waals surface area (Å²) in [7, 11) is 0. The van der Waals surface area contributed by atoms with Crippen LogP contribution in [-0.4, -0.2) is 31.4 Å². The zero-order chi connectivity index (χ0) is 10.0. The maximum Gasteiger partial charge on any atom is 0.181 e. The number of tetrazole rings is 1. The highest BCUT2D eigenvalue weighted by molar-refractivity contribution is 4.92. The Hall–Kier alpha value is -1.01. The van der Waals surface area contributed by atoms with Crippen molar-refractivity contribution in [1.82, 2.24) is 20.2 Å². The SMILES string of the molecule is CC(N)C(O)c1nnnn1C(C)C. The molecule has 0 aliphatic rings. The molecule has 0 aliphatic carbocycles. The second-order valence-corrected chi connectivity index (χ2v) is 3.38. The zero-order valence-corrected chi connectivity index (χ0v) is 8.05. The highest BCUT2D eigenvalue weighted by Crippen LogP contribution is 2.14. The van der Waals surface area contributed by atoms with Crippen LogP contribution < -0.4 is 5.73 Å². The van der Waals surface area contributed by atoms with E-state index >= 15 is 0 Å². The summed E-state index contributed by atoms with van der Waals surface area (Å²) in [5, 5.41) is 20.6. The Bertz CT molecular complexity index is 270. The quantitative estimate of drug-likeness (QED) is 0.670. The van der Waals surface area contributed by atoms with Gasteiger partial charge in [0.05, 0.1) is 6.04 Å². The topological polar surface area (TPSA) is 89.8 Å². The van der Waals surface area contributed by atoms with E-state index in [4.69, 9.17) is 5.73 Å². The lowest BCUT2D eigenvalue weighted by molar-refractivity contribution is 0.136. The number of aliphatic hydroxyl groups excluding tert-OH is 1. The summed E-state index contributed by atoms with van der Waals surface area (Å²) in [6, 6.07) is -0.248. The molecule has 0 spiro atoms. The summed E-state index contributed by atoms with van der Waals surface area (Å²) in [6.45, 7) is 5.59. The van der Waals surface area contributed by atoms with E-state index in [2.05, 4.69) is 15.5 Å². The minimum Gasteiger partial charge on any atom is -0.383 e. The maximum atomic E-state index is 9.63. The first-order valence-electron chi connectivity index (χ1n) is 4.25. The third kappa shape index (κ3) is 2.02. The van der Waals surface area contributed by atoms with Gasteiger partial charge in [0.1, 0.15) is 6.10 Å². The Balaban J connectivity index is 2.93. The molecule has 13 heavy (non-hydrogen) atoms. The van der Waals surface area contributed by atoms with Gasteiger partial charge in [-0.2, -0.15) is 0 Å². The fraction of sp³-hybridized carbons (Fsp3) is 0.857. The van der Waals surface area contributed by atoms with Gasteiger partial charge in [0.25, 0.3) is 0 Å². The Labute approximate surface area is 76.7 Å². The fourth-order valence-electron chi connectivity index (χ4n) is 0.998. The lowest BCUT2D eigenvalue weighted by atomic mass is 10.2. The molecule has 3 N–H and O–H groups in total. The minimum atomic E-state index is -0.808. The number of nitrogens with zero attached hydrogens (tertiary/aromatic N) is 4. The van der Waals surface area contributed by atoms with Crippen molar-refractivity contribution in [2.75, 3.05) is 0 Å². The largest absolute Gasteiger partial charge is 0.383 e. The number of rotatable bonds is 3. The van der Waals surface area contributed by atoms with Gasteiger partial charge in [0, 0.05) is 6.04 Å². The lowest BCUT2D eigenvalue weighted by Gasteiger charge is -2.15. The van der Waals surface area contributed by atoms with E-state index in [9.17, 15) is 5.11 Å². The van der Waals surface area contributed by atoms with Crippen LogP contribution in [0.25, 0.3) is 0 Å². The smallest absolute Gasteiger partial charge is 0.181 e. The van der Waals surface area contributed by atoms with Crippen molar-refractivity contribution >= 4 is 0 Å². The molecule has 74 valence electrons. The zero-order valence-electron chi connectivity index (χ0n) is 8.05. The number of hydrogen-bond acceptors (Lipinski definition) is 5. The molecule has 0 bridgehead atoms. The molecule has 0 amide bonds. The van der Waals surface area contributed by atoms with Crippen molar-refractivity contribution in [2.45, 2.75) is 39.0 Å². The highest BCUT2D eigenvalue weighted by Gasteiger charge is 2.20. The van der Waals surface area contributed by atoms with E-state index in [0.717, 1.165) is 0 Å². The van der Waals surface area contributed by atoms with Gasteiger partial charge in [0.15, 0.2) is 5.82 Å². The van der Waals surface area contributed by atoms with Gasteiger partial charge < -0.3 is 10.8 Å². The van der Waals surface area contributed by atoms with Crippen LogP contribution in [0.3, 0.4) is 0 Å². The number of hydrogen-bond donors (Lipinski definition) is 2. The Morgan fingerprint density at radius 1 is 1.38 bits per heavy atom. The molecule has 6 heteroatoms. The summed E-state index contributed by atoms with van der Waals surface area (Å²) < 4.78 is 1.56. The van der Waals surface area contributed by atoms with Gasteiger partial charge in [-0.15, -0.1) is 5.10 Å². The van der Waals surface area contributed by atoms with Gasteiger partial charge in [0.2, 0.25) is 0 Å². The lowest BCUT2D eigenvalue weighted by Crippen LogP contribution is -2.27. The average Bonchev–Trinajstić information content (AvgIpc) is 2.50. The van der Waals surface area contributed by atoms with Crippen molar-refractivity contribution in [3.05, 3.63) is 5.82 Å². The van der Waals surface area contributed by atoms with Crippen molar-refractivity contribution < 1.29 is 5.11 Å². The van der Waals surface area contributed by atoms with E-state index in [1.54, 1.807) is 11.6 Å². The predicted molar refractivity (Wildman–Crippen MR) is 46.8 cm³/mol. The van der Waals surface area contributed by atoms with Gasteiger partial charge in [-0.05, 0) is 31.2 Å². The van der Waals surface area contributed by atoms with Gasteiger partial charge in [-0.25, -0.2) is 4.68 Å². The monoisotopic (exact) mass is 185 g/mol. The van der Waals surface area contributed by atoms with E-state index < -0.39 is 6.10 Å². The van der Waals surface area contributed by atoms with Crippen LogP contribution in [0.2, 0.25) is 0 Å². The summed E-state index contributed by atoms with van der Waals surface area (Å²) in [5.41, 5.74) is 5.54. The standard InChI is InChI=1S/C7H15N5O/c1-4(2)12-7(9-10-11-12)6(13)5(3)8/h4-6,13H,8H2,1-3H3. The molecule has 1 heterocycles. The van der Waals surface area contributed by atoms with Crippen LogP contribution >= 0.6 is 0 Å². The summed E-state index contributed by atoms with van der Waals surface area (Å²) in [6.07, 6.45) is -0.808. The van der Waals surface area contributed by atoms with Crippen LogP contribution in [0.5, 0.6) is 0 Å². The first kappa shape index (κ1) is 10.1. The fourth-order valence-corrected chi connectivity index (χ4v) is 0.998. The number of nitrogens with two attached hydrogens (primary N) is 1. The molecule has 2 atom stereocenters. The van der Waals surface area contributed by atoms with Gasteiger partial charge in [-0.1, -0.05) is 0 Å². The molecule has 2 unspecified atom stereocenters. The Kier molecular flexibility index (Phi) is 2.94. The first-order chi connectivity index (χ1) is 6.04. The van der Waals surface area contributed by atoms with Crippen molar-refractivity contribution in [2.24, 2.45) is 5.73 Å². The van der Waals surface area contributed by atoms with E-state index in [1.807, 2.05) is 13.8 Å². The highest BCUT2D eigenvalue weighted by atomic mass is 16.3. The second-order valence-electron chi connectivity index (χ2n) is 3.38. The average molecular weight is 185 g/mol. The van der Waals surface area contributed by atoms with Gasteiger partial charge in [-0.3, -0.25) is 0 Å². The van der Waals surface area contributed by atoms with E-state index in [-0.39, 0.29) is 12.1 Å². The molecular weight excluding hydrogens is 170 g/mol. The third-order valence-electron chi connectivity index (χ3n) is 1.77. The molecule has 0 aliphatic heterocycles. The second kappa shape index (κ2) is 3.80. The maximum absolute atomic E-state index is 9.63. The molecule has 6 nitrogen and oxygen atoms in total. The third-order valence-corrected chi connectivity index (χ3v) is 1.77. The Morgan fingerprint density at radius 2 is 2.00 bits per heavy atom. The van der Waals surface area contributed by atoms with E-state index in [0.29, 0.717) is 5.82 Å². The summed E-state index contributed by atoms with van der Waals surface area (Å²) in [4.78, 5) is 0. The van der Waals surface area contributed by atoms with Crippen LogP contribution in [0.15, 0.2) is 0 Å². The Morgan fingerprint density at radius 3 is 2.46 bits per heavy atom. The normalized spacial score (nSPS) is 16.2. The molecule has 0 aromatic carbocycles. The van der Waals surface area contributed by atoms with Crippen LogP contribution in [-0.2, 0) is 0 Å². The predicted octanol–water partition coefficient (Wildman–Crippen LogP) is -0.365. The number of aromatic nitrogens is 4. The molecule has 0 radical (unpaired) electrons. The molecule has 1 aromatic heterocycles. The van der Waals surface area contributed by atoms with E-state index in [1.165, 1.54) is 0 Å². The molecule has 1 rings (SSSR count). The van der Waals surface area contributed by atoms with Crippen molar-refractivity contribution in [1.29, 1.82) is 0 Å². The van der Waals surface area contributed by atoms with Crippen LogP contribution in [0.1, 0.15) is 38.7 Å². The summed E-state index contributed by atoms with van der Waals surface area (Å²) >= 11 is 0. The van der Waals surface area contributed by atoms with Crippen LogP contribution in [0.4, 0.5) is 0 Å². The number of aliphatic hydroxyl groups is 1. The summed E-state index contributed by atoms with van der Waals surface area (Å²) in [5.74, 6) is 0.421. The van der Waals surface area contributed by atoms with Crippen molar-refractivity contribution in [3.63, 3.8) is 0 Å². The molecule has 0 fully saturated rings. The minimum absolute atomic E-state index is 0.124. The van der Waals surface area contributed by atoms with Crippen molar-refractivity contribution in [3.8, 4) is 0 Å². The van der Waals surface area contributed by atoms with Gasteiger partial charge >= 0.3 is 0 Å². The first-order valence-corrected chi connectivity index (χ1v) is 4.25. The van der Waals surface area contributed by atoms with Crippen LogP contribution in [0, 0.1) is 0 Å². The molecule has 0 saturated heterocycles. The molecule has 0 saturated carbocycles. The molecular formula is C7H15N5O. The molecule has 1 aromatic rings.